The summed E-state index contributed by atoms with van der Waals surface area (Å²) in [4.78, 5) is 0. The lowest BCUT2D eigenvalue weighted by Crippen LogP contribution is -2.18. The number of aryl methyl sites for hydroxylation is 2. The maximum Gasteiger partial charge on any atom is 0.128 e. The number of nitrogens with one attached hydrogen (secondary N) is 1. The van der Waals surface area contributed by atoms with E-state index in [1.807, 2.05) is 12.1 Å². The van der Waals surface area contributed by atoms with Crippen LogP contribution in [0.1, 0.15) is 29.2 Å². The van der Waals surface area contributed by atoms with Crippen LogP contribution in [0.3, 0.4) is 0 Å². The molecule has 0 amide bonds. The molecule has 20 heavy (non-hydrogen) atoms. The van der Waals surface area contributed by atoms with Gasteiger partial charge < -0.3 is 5.32 Å². The predicted molar refractivity (Wildman–Crippen MR) is 77.7 cm³/mol. The van der Waals surface area contributed by atoms with Crippen LogP contribution < -0.4 is 5.32 Å². The molecule has 0 aliphatic rings. The first kappa shape index (κ1) is 14.7. The quantitative estimate of drug-likeness (QED) is 0.863. The monoisotopic (exact) mass is 275 g/mol. The van der Waals surface area contributed by atoms with Crippen molar-refractivity contribution in [3.8, 4) is 0 Å². The average molecular weight is 275 g/mol. The van der Waals surface area contributed by atoms with E-state index in [1.165, 1.54) is 23.3 Å². The first-order chi connectivity index (χ1) is 9.61. The van der Waals surface area contributed by atoms with Gasteiger partial charge in [-0.2, -0.15) is 0 Å². The van der Waals surface area contributed by atoms with E-state index in [1.54, 1.807) is 7.05 Å². The summed E-state index contributed by atoms with van der Waals surface area (Å²) in [6, 6.07) is 11.5. The van der Waals surface area contributed by atoms with E-state index in [-0.39, 0.29) is 11.9 Å². The van der Waals surface area contributed by atoms with Crippen molar-refractivity contribution in [2.75, 3.05) is 7.05 Å². The third-order valence-electron chi connectivity index (χ3n) is 3.65. The molecule has 1 N–H and O–H groups in total. The summed E-state index contributed by atoms with van der Waals surface area (Å²) in [5, 5.41) is 3.07. The van der Waals surface area contributed by atoms with Crippen LogP contribution in [0.5, 0.6) is 0 Å². The fourth-order valence-electron chi connectivity index (χ4n) is 2.43. The third kappa shape index (κ3) is 3.42. The predicted octanol–water partition coefficient (Wildman–Crippen LogP) is 4.17. The van der Waals surface area contributed by atoms with Gasteiger partial charge in [0.25, 0.3) is 0 Å². The molecule has 0 heterocycles. The SMILES string of the molecule is CNC(CCc1ccccc1C)c1cc(F)ccc1F. The molecule has 0 saturated carbocycles. The van der Waals surface area contributed by atoms with Gasteiger partial charge >= 0.3 is 0 Å². The lowest BCUT2D eigenvalue weighted by Gasteiger charge is -2.18. The van der Waals surface area contributed by atoms with Gasteiger partial charge in [0.05, 0.1) is 0 Å². The molecule has 1 atom stereocenters. The Morgan fingerprint density at radius 3 is 2.55 bits per heavy atom. The molecule has 0 aromatic heterocycles. The van der Waals surface area contributed by atoms with Gasteiger partial charge in [0.15, 0.2) is 0 Å². The number of halogens is 2. The number of hydrogen-bond acceptors (Lipinski definition) is 1. The van der Waals surface area contributed by atoms with E-state index in [4.69, 9.17) is 0 Å². The Morgan fingerprint density at radius 2 is 1.85 bits per heavy atom. The van der Waals surface area contributed by atoms with Gasteiger partial charge in [-0.05, 0) is 56.1 Å². The topological polar surface area (TPSA) is 12.0 Å². The van der Waals surface area contributed by atoms with Gasteiger partial charge in [-0.3, -0.25) is 0 Å². The molecule has 0 saturated heterocycles. The Bertz CT molecular complexity index is 581. The van der Waals surface area contributed by atoms with E-state index in [9.17, 15) is 8.78 Å². The van der Waals surface area contributed by atoms with E-state index >= 15 is 0 Å². The molecule has 0 fully saturated rings. The Kier molecular flexibility index (Phi) is 4.85. The highest BCUT2D eigenvalue weighted by molar-refractivity contribution is 5.27. The van der Waals surface area contributed by atoms with Crippen molar-refractivity contribution < 1.29 is 8.78 Å². The van der Waals surface area contributed by atoms with Crippen LogP contribution in [0.4, 0.5) is 8.78 Å². The number of benzene rings is 2. The Labute approximate surface area is 118 Å². The minimum Gasteiger partial charge on any atom is -0.313 e. The van der Waals surface area contributed by atoms with Crippen molar-refractivity contribution in [3.63, 3.8) is 0 Å². The van der Waals surface area contributed by atoms with Crippen LogP contribution in [0, 0.1) is 18.6 Å². The minimum absolute atomic E-state index is 0.190. The summed E-state index contributed by atoms with van der Waals surface area (Å²) in [7, 11) is 1.77. The fraction of sp³-hybridized carbons (Fsp3) is 0.294. The van der Waals surface area contributed by atoms with Gasteiger partial charge in [0.2, 0.25) is 0 Å². The van der Waals surface area contributed by atoms with Crippen LogP contribution in [-0.4, -0.2) is 7.05 Å². The molecule has 3 heteroatoms. The van der Waals surface area contributed by atoms with Crippen LogP contribution in [0.15, 0.2) is 42.5 Å². The molecule has 1 unspecified atom stereocenters. The van der Waals surface area contributed by atoms with E-state index in [0.717, 1.165) is 18.9 Å². The molecule has 1 nitrogen and oxygen atoms in total. The summed E-state index contributed by atoms with van der Waals surface area (Å²) >= 11 is 0. The highest BCUT2D eigenvalue weighted by Gasteiger charge is 2.15. The maximum absolute atomic E-state index is 13.8. The normalized spacial score (nSPS) is 12.4. The molecule has 0 radical (unpaired) electrons. The van der Waals surface area contributed by atoms with Crippen LogP contribution in [0.2, 0.25) is 0 Å². The first-order valence-corrected chi connectivity index (χ1v) is 6.78. The summed E-state index contributed by atoms with van der Waals surface area (Å²) in [5.74, 6) is -0.770. The largest absolute Gasteiger partial charge is 0.313 e. The molecular weight excluding hydrogens is 256 g/mol. The van der Waals surface area contributed by atoms with Crippen molar-refractivity contribution in [1.29, 1.82) is 0 Å². The molecule has 0 aliphatic carbocycles. The summed E-state index contributed by atoms with van der Waals surface area (Å²) in [6.45, 7) is 2.06. The summed E-state index contributed by atoms with van der Waals surface area (Å²) < 4.78 is 27.1. The third-order valence-corrected chi connectivity index (χ3v) is 3.65. The zero-order chi connectivity index (χ0) is 14.5. The van der Waals surface area contributed by atoms with Gasteiger partial charge in [0, 0.05) is 11.6 Å². The summed E-state index contributed by atoms with van der Waals surface area (Å²) in [5.41, 5.74) is 2.85. The van der Waals surface area contributed by atoms with Crippen molar-refractivity contribution in [1.82, 2.24) is 5.32 Å². The molecule has 2 aromatic carbocycles. The Hall–Kier alpha value is -1.74. The number of hydrogen-bond donors (Lipinski definition) is 1. The van der Waals surface area contributed by atoms with E-state index in [0.29, 0.717) is 5.56 Å². The van der Waals surface area contributed by atoms with Gasteiger partial charge in [-0.15, -0.1) is 0 Å². The van der Waals surface area contributed by atoms with Gasteiger partial charge in [-0.25, -0.2) is 8.78 Å². The summed E-state index contributed by atoms with van der Waals surface area (Å²) in [6.07, 6.45) is 1.55. The van der Waals surface area contributed by atoms with Gasteiger partial charge in [-0.1, -0.05) is 24.3 Å². The second-order valence-corrected chi connectivity index (χ2v) is 4.97. The van der Waals surface area contributed by atoms with Crippen LogP contribution >= 0.6 is 0 Å². The van der Waals surface area contributed by atoms with Crippen molar-refractivity contribution >= 4 is 0 Å². The van der Waals surface area contributed by atoms with Crippen molar-refractivity contribution in [3.05, 3.63) is 70.8 Å². The number of rotatable bonds is 5. The Balaban J connectivity index is 2.13. The molecule has 0 aliphatic heterocycles. The fourth-order valence-corrected chi connectivity index (χ4v) is 2.43. The molecule has 2 aromatic rings. The van der Waals surface area contributed by atoms with Crippen LogP contribution in [0.25, 0.3) is 0 Å². The zero-order valence-corrected chi connectivity index (χ0v) is 11.8. The standard InChI is InChI=1S/C17H19F2N/c1-12-5-3-4-6-13(12)7-10-17(20-2)15-11-14(18)8-9-16(15)19/h3-6,8-9,11,17,20H,7,10H2,1-2H3. The van der Waals surface area contributed by atoms with E-state index in [2.05, 4.69) is 24.4 Å². The maximum atomic E-state index is 13.8. The lowest BCUT2D eigenvalue weighted by molar-refractivity contribution is 0.500. The smallest absolute Gasteiger partial charge is 0.128 e. The highest BCUT2D eigenvalue weighted by atomic mass is 19.1. The lowest BCUT2D eigenvalue weighted by atomic mass is 9.96. The van der Waals surface area contributed by atoms with E-state index < -0.39 is 5.82 Å². The second-order valence-electron chi connectivity index (χ2n) is 4.97. The molecule has 0 bridgehead atoms. The minimum atomic E-state index is -0.405. The average Bonchev–Trinajstić information content (AvgIpc) is 2.45. The molecule has 2 rings (SSSR count). The Morgan fingerprint density at radius 1 is 1.10 bits per heavy atom. The molecule has 106 valence electrons. The first-order valence-electron chi connectivity index (χ1n) is 6.78. The highest BCUT2D eigenvalue weighted by Crippen LogP contribution is 2.23. The van der Waals surface area contributed by atoms with Gasteiger partial charge in [0.1, 0.15) is 11.6 Å². The molecule has 0 spiro atoms. The van der Waals surface area contributed by atoms with Crippen molar-refractivity contribution in [2.45, 2.75) is 25.8 Å². The zero-order valence-electron chi connectivity index (χ0n) is 11.8. The van der Waals surface area contributed by atoms with Crippen molar-refractivity contribution in [2.24, 2.45) is 0 Å². The second kappa shape index (κ2) is 6.62. The van der Waals surface area contributed by atoms with Crippen LogP contribution in [-0.2, 0) is 6.42 Å². The molecular formula is C17H19F2N.